The largest absolute Gasteiger partial charge is 0.423 e. The second kappa shape index (κ2) is 5.52. The van der Waals surface area contributed by atoms with Crippen LogP contribution in [-0.4, -0.2) is 30.0 Å². The predicted octanol–water partition coefficient (Wildman–Crippen LogP) is 3.45. The van der Waals surface area contributed by atoms with Crippen molar-refractivity contribution in [2.24, 2.45) is 0 Å². The normalized spacial score (nSPS) is 24.1. The molecular weight excluding hydrogens is 287 g/mol. The lowest BCUT2D eigenvalue weighted by molar-refractivity contribution is -0.185. The number of anilines is 1. The lowest BCUT2D eigenvalue weighted by Gasteiger charge is -2.31. The minimum Gasteiger partial charge on any atom is -0.423 e. The van der Waals surface area contributed by atoms with Crippen LogP contribution in [0.1, 0.15) is 32.1 Å². The molecule has 1 aromatic carbocycles. The summed E-state index contributed by atoms with van der Waals surface area (Å²) in [5.74, 6) is -0.756. The van der Waals surface area contributed by atoms with Crippen molar-refractivity contribution in [1.82, 2.24) is 4.98 Å². The van der Waals surface area contributed by atoms with Gasteiger partial charge in [0.2, 0.25) is 0 Å². The number of ether oxygens (including phenoxy) is 2. The van der Waals surface area contributed by atoms with Gasteiger partial charge in [-0.3, -0.25) is 0 Å². The fraction of sp³-hybridized carbons (Fsp3) is 0.562. The maximum absolute atomic E-state index is 13.6. The van der Waals surface area contributed by atoms with E-state index in [4.69, 9.17) is 13.9 Å². The van der Waals surface area contributed by atoms with Crippen LogP contribution < -0.4 is 5.32 Å². The monoisotopic (exact) mass is 306 g/mol. The zero-order valence-electron chi connectivity index (χ0n) is 12.3. The Hall–Kier alpha value is -1.66. The van der Waals surface area contributed by atoms with Crippen molar-refractivity contribution in [3.8, 4) is 0 Å². The Labute approximate surface area is 127 Å². The van der Waals surface area contributed by atoms with Crippen LogP contribution >= 0.6 is 0 Å². The topological polar surface area (TPSA) is 56.5 Å². The van der Waals surface area contributed by atoms with Crippen molar-refractivity contribution in [2.75, 3.05) is 18.5 Å². The second-order valence-corrected chi connectivity index (χ2v) is 6.01. The molecule has 22 heavy (non-hydrogen) atoms. The first-order valence-corrected chi connectivity index (χ1v) is 7.85. The van der Waals surface area contributed by atoms with Crippen molar-refractivity contribution < 1.29 is 18.3 Å². The highest BCUT2D eigenvalue weighted by atomic mass is 19.1. The van der Waals surface area contributed by atoms with Crippen LogP contribution in [0.25, 0.3) is 11.1 Å². The van der Waals surface area contributed by atoms with Crippen LogP contribution in [0.2, 0.25) is 0 Å². The van der Waals surface area contributed by atoms with E-state index in [0.717, 1.165) is 25.7 Å². The van der Waals surface area contributed by atoms with E-state index in [0.29, 0.717) is 24.7 Å². The summed E-state index contributed by atoms with van der Waals surface area (Å²) in [6.45, 7) is 1.11. The molecule has 2 fully saturated rings. The molecule has 1 saturated carbocycles. The highest BCUT2D eigenvalue weighted by molar-refractivity contribution is 5.74. The molecule has 1 aliphatic heterocycles. The highest BCUT2D eigenvalue weighted by Crippen LogP contribution is 2.37. The molecule has 1 saturated heterocycles. The number of aromatic nitrogens is 1. The number of fused-ring (bicyclic) bond motifs is 1. The Balaban J connectivity index is 1.39. The van der Waals surface area contributed by atoms with E-state index < -0.39 is 0 Å². The maximum Gasteiger partial charge on any atom is 0.295 e. The third-order valence-corrected chi connectivity index (χ3v) is 4.38. The van der Waals surface area contributed by atoms with Gasteiger partial charge < -0.3 is 19.2 Å². The van der Waals surface area contributed by atoms with Gasteiger partial charge in [0.05, 0.1) is 6.61 Å². The number of hydrogen-bond acceptors (Lipinski definition) is 5. The molecule has 1 aromatic heterocycles. The summed E-state index contributed by atoms with van der Waals surface area (Å²) in [5.41, 5.74) is 0.687. The fourth-order valence-electron chi connectivity index (χ4n) is 3.26. The van der Waals surface area contributed by atoms with Gasteiger partial charge in [-0.2, -0.15) is 4.98 Å². The number of para-hydroxylation sites is 1. The quantitative estimate of drug-likeness (QED) is 0.941. The third kappa shape index (κ3) is 2.57. The third-order valence-electron chi connectivity index (χ3n) is 4.38. The lowest BCUT2D eigenvalue weighted by Crippen LogP contribution is -2.34. The van der Waals surface area contributed by atoms with Gasteiger partial charge in [-0.05, 0) is 25.0 Å². The van der Waals surface area contributed by atoms with E-state index >= 15 is 0 Å². The minimum absolute atomic E-state index is 0.0297. The molecule has 118 valence electrons. The molecule has 0 radical (unpaired) electrons. The molecule has 1 aliphatic carbocycles. The summed E-state index contributed by atoms with van der Waals surface area (Å²) in [7, 11) is 0. The summed E-state index contributed by atoms with van der Waals surface area (Å²) in [6, 6.07) is 4.99. The Morgan fingerprint density at radius 2 is 2.14 bits per heavy atom. The van der Waals surface area contributed by atoms with Gasteiger partial charge in [0.25, 0.3) is 6.01 Å². The molecule has 1 spiro atoms. The summed E-state index contributed by atoms with van der Waals surface area (Å²) in [6.07, 6.45) is 5.48. The number of halogens is 1. The van der Waals surface area contributed by atoms with Crippen LogP contribution in [0.5, 0.6) is 0 Å². The number of nitrogens with one attached hydrogen (secondary N) is 1. The number of nitrogens with zero attached hydrogens (tertiary/aromatic N) is 1. The Bertz CT molecular complexity index is 666. The summed E-state index contributed by atoms with van der Waals surface area (Å²) >= 11 is 0. The van der Waals surface area contributed by atoms with E-state index in [-0.39, 0.29) is 23.2 Å². The van der Waals surface area contributed by atoms with Crippen molar-refractivity contribution in [2.45, 2.75) is 44.0 Å². The second-order valence-electron chi connectivity index (χ2n) is 6.01. The summed E-state index contributed by atoms with van der Waals surface area (Å²) < 4.78 is 31.0. The van der Waals surface area contributed by atoms with Gasteiger partial charge in [0, 0.05) is 19.4 Å². The first-order chi connectivity index (χ1) is 10.7. The molecule has 2 aliphatic rings. The molecule has 1 unspecified atom stereocenters. The minimum atomic E-state index is -0.379. The molecule has 0 amide bonds. The van der Waals surface area contributed by atoms with Crippen molar-refractivity contribution in [3.63, 3.8) is 0 Å². The Morgan fingerprint density at radius 3 is 2.95 bits per heavy atom. The fourth-order valence-corrected chi connectivity index (χ4v) is 3.26. The first kappa shape index (κ1) is 14.0. The molecular formula is C16H19FN2O3. The molecule has 6 heteroatoms. The van der Waals surface area contributed by atoms with Crippen LogP contribution in [-0.2, 0) is 9.47 Å². The average Bonchev–Trinajstić information content (AvgIpc) is 3.11. The van der Waals surface area contributed by atoms with E-state index in [2.05, 4.69) is 10.3 Å². The van der Waals surface area contributed by atoms with E-state index in [1.54, 1.807) is 12.1 Å². The molecule has 5 nitrogen and oxygen atoms in total. The zero-order chi connectivity index (χ0) is 15.0. The predicted molar refractivity (Wildman–Crippen MR) is 79.1 cm³/mol. The van der Waals surface area contributed by atoms with Crippen LogP contribution in [0.4, 0.5) is 10.4 Å². The standard InChI is InChI=1S/C16H19FN2O3/c17-12-5-4-6-13-14(12)19-15(21-13)18-9-11-10-20-16(22-11)7-2-1-3-8-16/h4-6,11H,1-3,7-10H2,(H,18,19). The van der Waals surface area contributed by atoms with Crippen LogP contribution in [0, 0.1) is 5.82 Å². The van der Waals surface area contributed by atoms with Crippen molar-refractivity contribution >= 4 is 17.1 Å². The Kier molecular flexibility index (Phi) is 3.50. The molecule has 1 N–H and O–H groups in total. The van der Waals surface area contributed by atoms with Gasteiger partial charge >= 0.3 is 0 Å². The number of hydrogen-bond donors (Lipinski definition) is 1. The molecule has 1 atom stereocenters. The molecule has 2 heterocycles. The summed E-state index contributed by atoms with van der Waals surface area (Å²) in [4.78, 5) is 4.13. The van der Waals surface area contributed by atoms with E-state index in [1.165, 1.54) is 12.5 Å². The smallest absolute Gasteiger partial charge is 0.295 e. The number of rotatable bonds is 3. The lowest BCUT2D eigenvalue weighted by atomic mass is 9.94. The van der Waals surface area contributed by atoms with Gasteiger partial charge in [0.15, 0.2) is 17.2 Å². The first-order valence-electron chi connectivity index (χ1n) is 7.85. The van der Waals surface area contributed by atoms with Gasteiger partial charge in [-0.1, -0.05) is 12.5 Å². The number of benzene rings is 1. The van der Waals surface area contributed by atoms with Gasteiger partial charge in [-0.25, -0.2) is 4.39 Å². The van der Waals surface area contributed by atoms with Crippen LogP contribution in [0.15, 0.2) is 22.6 Å². The zero-order valence-corrected chi connectivity index (χ0v) is 12.3. The van der Waals surface area contributed by atoms with E-state index in [9.17, 15) is 4.39 Å². The Morgan fingerprint density at radius 1 is 1.27 bits per heavy atom. The maximum atomic E-state index is 13.6. The highest BCUT2D eigenvalue weighted by Gasteiger charge is 2.42. The van der Waals surface area contributed by atoms with Crippen molar-refractivity contribution in [3.05, 3.63) is 24.0 Å². The van der Waals surface area contributed by atoms with Crippen LogP contribution in [0.3, 0.4) is 0 Å². The summed E-state index contributed by atoms with van der Waals surface area (Å²) in [5, 5.41) is 3.08. The average molecular weight is 306 g/mol. The van der Waals surface area contributed by atoms with Gasteiger partial charge in [-0.15, -0.1) is 0 Å². The van der Waals surface area contributed by atoms with Gasteiger partial charge in [0.1, 0.15) is 11.6 Å². The molecule has 2 aromatic rings. The molecule has 0 bridgehead atoms. The molecule has 4 rings (SSSR count). The SMILES string of the molecule is Fc1cccc2oc(NCC3COC4(CCCCC4)O3)nc12. The number of oxazole rings is 1. The van der Waals surface area contributed by atoms with Crippen molar-refractivity contribution in [1.29, 1.82) is 0 Å². The van der Waals surface area contributed by atoms with E-state index in [1.807, 2.05) is 0 Å².